The second kappa shape index (κ2) is 8.48. The first-order valence-electron chi connectivity index (χ1n) is 7.37. The second-order valence-electron chi connectivity index (χ2n) is 5.27. The Kier molecular flexibility index (Phi) is 7.31. The SMILES string of the molecule is CCC(CC)(CNC(=O)N1CCOCC1CC(=O)O)SC. The van der Waals surface area contributed by atoms with Gasteiger partial charge in [0, 0.05) is 17.8 Å². The van der Waals surface area contributed by atoms with Crippen molar-refractivity contribution in [2.24, 2.45) is 0 Å². The number of hydrogen-bond donors (Lipinski definition) is 2. The molecule has 1 aliphatic heterocycles. The molecule has 2 N–H and O–H groups in total. The van der Waals surface area contributed by atoms with Gasteiger partial charge in [0.1, 0.15) is 0 Å². The number of thioether (sulfide) groups is 1. The van der Waals surface area contributed by atoms with Crippen molar-refractivity contribution < 1.29 is 19.4 Å². The monoisotopic (exact) mass is 318 g/mol. The standard InChI is InChI=1S/C14H26N2O4S/c1-4-14(5-2,21-3)10-15-13(19)16-6-7-20-9-11(16)8-12(17)18/h11H,4-10H2,1-3H3,(H,15,19)(H,17,18). The van der Waals surface area contributed by atoms with Gasteiger partial charge in [-0.15, -0.1) is 0 Å². The average molecular weight is 318 g/mol. The van der Waals surface area contributed by atoms with Crippen LogP contribution in [0.3, 0.4) is 0 Å². The summed E-state index contributed by atoms with van der Waals surface area (Å²) >= 11 is 1.77. The Labute approximate surface area is 130 Å². The smallest absolute Gasteiger partial charge is 0.317 e. The number of carboxylic acid groups (broad SMARTS) is 1. The lowest BCUT2D eigenvalue weighted by Gasteiger charge is -2.36. The quantitative estimate of drug-likeness (QED) is 0.748. The molecule has 1 saturated heterocycles. The van der Waals surface area contributed by atoms with Gasteiger partial charge in [-0.2, -0.15) is 11.8 Å². The first-order valence-corrected chi connectivity index (χ1v) is 8.59. The van der Waals surface area contributed by atoms with Gasteiger partial charge in [-0.3, -0.25) is 4.79 Å². The number of carbonyl (C=O) groups excluding carboxylic acids is 1. The van der Waals surface area contributed by atoms with Crippen molar-refractivity contribution in [2.75, 3.05) is 32.6 Å². The van der Waals surface area contributed by atoms with Crippen LogP contribution >= 0.6 is 11.8 Å². The van der Waals surface area contributed by atoms with Gasteiger partial charge in [0.05, 0.1) is 25.7 Å². The van der Waals surface area contributed by atoms with Crippen molar-refractivity contribution in [3.05, 3.63) is 0 Å². The first-order chi connectivity index (χ1) is 9.98. The number of rotatable bonds is 7. The van der Waals surface area contributed by atoms with E-state index in [1.165, 1.54) is 0 Å². The number of ether oxygens (including phenoxy) is 1. The van der Waals surface area contributed by atoms with Gasteiger partial charge in [-0.25, -0.2) is 4.79 Å². The molecule has 0 aromatic carbocycles. The van der Waals surface area contributed by atoms with Crippen molar-refractivity contribution in [1.29, 1.82) is 0 Å². The van der Waals surface area contributed by atoms with Crippen LogP contribution < -0.4 is 5.32 Å². The van der Waals surface area contributed by atoms with Gasteiger partial charge in [0.2, 0.25) is 0 Å². The summed E-state index contributed by atoms with van der Waals surface area (Å²) in [7, 11) is 0. The molecule has 2 amide bonds. The van der Waals surface area contributed by atoms with Gasteiger partial charge >= 0.3 is 12.0 Å². The summed E-state index contributed by atoms with van der Waals surface area (Å²) in [5.41, 5.74) is 0. The molecule has 1 fully saturated rings. The zero-order valence-electron chi connectivity index (χ0n) is 13.1. The highest BCUT2D eigenvalue weighted by Gasteiger charge is 2.31. The molecule has 1 aliphatic rings. The molecule has 0 aromatic heterocycles. The van der Waals surface area contributed by atoms with Crippen molar-refractivity contribution >= 4 is 23.8 Å². The van der Waals surface area contributed by atoms with E-state index in [0.717, 1.165) is 12.8 Å². The molecule has 122 valence electrons. The summed E-state index contributed by atoms with van der Waals surface area (Å²) in [5, 5.41) is 11.9. The highest BCUT2D eigenvalue weighted by molar-refractivity contribution is 8.00. The molecule has 0 radical (unpaired) electrons. The van der Waals surface area contributed by atoms with Gasteiger partial charge in [-0.1, -0.05) is 13.8 Å². The topological polar surface area (TPSA) is 78.9 Å². The molecule has 0 spiro atoms. The molecular weight excluding hydrogens is 292 g/mol. The number of carboxylic acids is 1. The molecule has 0 bridgehead atoms. The van der Waals surface area contributed by atoms with Crippen molar-refractivity contribution in [3.8, 4) is 0 Å². The molecule has 6 nitrogen and oxygen atoms in total. The van der Waals surface area contributed by atoms with Crippen molar-refractivity contribution in [2.45, 2.75) is 43.9 Å². The maximum atomic E-state index is 12.3. The van der Waals surface area contributed by atoms with Crippen molar-refractivity contribution in [1.82, 2.24) is 10.2 Å². The Hall–Kier alpha value is -0.950. The normalized spacial score (nSPS) is 19.4. The van der Waals surface area contributed by atoms with Crippen LogP contribution in [0.1, 0.15) is 33.1 Å². The molecule has 0 aromatic rings. The molecule has 1 heterocycles. The molecule has 7 heteroatoms. The van der Waals surface area contributed by atoms with Crippen LogP contribution in [0.25, 0.3) is 0 Å². The average Bonchev–Trinajstić information content (AvgIpc) is 2.49. The summed E-state index contributed by atoms with van der Waals surface area (Å²) < 4.78 is 5.33. The summed E-state index contributed by atoms with van der Waals surface area (Å²) in [6.45, 7) is 6.02. The van der Waals surface area contributed by atoms with Gasteiger partial charge in [0.25, 0.3) is 0 Å². The summed E-state index contributed by atoms with van der Waals surface area (Å²) in [6.07, 6.45) is 3.93. The fourth-order valence-electron chi connectivity index (χ4n) is 2.49. The van der Waals surface area contributed by atoms with Gasteiger partial charge in [0.15, 0.2) is 0 Å². The van der Waals surface area contributed by atoms with Crippen LogP contribution in [-0.2, 0) is 9.53 Å². The predicted octanol–water partition coefficient (Wildman–Crippen LogP) is 1.79. The van der Waals surface area contributed by atoms with E-state index in [1.807, 2.05) is 0 Å². The minimum Gasteiger partial charge on any atom is -0.481 e. The Morgan fingerprint density at radius 1 is 1.43 bits per heavy atom. The molecule has 0 aliphatic carbocycles. The Balaban J connectivity index is 2.61. The molecule has 1 rings (SSSR count). The predicted molar refractivity (Wildman–Crippen MR) is 83.8 cm³/mol. The van der Waals surface area contributed by atoms with Crippen LogP contribution in [-0.4, -0.2) is 65.4 Å². The van der Waals surface area contributed by atoms with E-state index >= 15 is 0 Å². The van der Waals surface area contributed by atoms with E-state index in [0.29, 0.717) is 19.7 Å². The van der Waals surface area contributed by atoms with E-state index in [4.69, 9.17) is 9.84 Å². The third kappa shape index (κ3) is 5.07. The Morgan fingerprint density at radius 3 is 2.62 bits per heavy atom. The molecular formula is C14H26N2O4S. The molecule has 1 unspecified atom stereocenters. The number of hydrogen-bond acceptors (Lipinski definition) is 4. The highest BCUT2D eigenvalue weighted by atomic mass is 32.2. The molecule has 21 heavy (non-hydrogen) atoms. The van der Waals surface area contributed by atoms with Gasteiger partial charge < -0.3 is 20.1 Å². The maximum absolute atomic E-state index is 12.3. The minimum atomic E-state index is -0.913. The zero-order valence-corrected chi connectivity index (χ0v) is 13.9. The molecule has 1 atom stereocenters. The fourth-order valence-corrected chi connectivity index (χ4v) is 3.29. The second-order valence-corrected chi connectivity index (χ2v) is 6.55. The number of aliphatic carboxylic acids is 1. The van der Waals surface area contributed by atoms with Crippen LogP contribution in [0.4, 0.5) is 4.79 Å². The molecule has 0 saturated carbocycles. The Bertz CT molecular complexity index is 353. The number of carbonyl (C=O) groups is 2. The van der Waals surface area contributed by atoms with Crippen LogP contribution in [0, 0.1) is 0 Å². The van der Waals surface area contributed by atoms with E-state index in [-0.39, 0.29) is 29.8 Å². The first kappa shape index (κ1) is 18.1. The fraction of sp³-hybridized carbons (Fsp3) is 0.857. The third-order valence-electron chi connectivity index (χ3n) is 4.18. The number of urea groups is 1. The largest absolute Gasteiger partial charge is 0.481 e. The maximum Gasteiger partial charge on any atom is 0.317 e. The summed E-state index contributed by atoms with van der Waals surface area (Å²) in [6, 6.07) is -0.576. The number of amides is 2. The van der Waals surface area contributed by atoms with E-state index in [2.05, 4.69) is 25.4 Å². The van der Waals surface area contributed by atoms with Crippen LogP contribution in [0.15, 0.2) is 0 Å². The van der Waals surface area contributed by atoms with Crippen LogP contribution in [0.5, 0.6) is 0 Å². The summed E-state index contributed by atoms with van der Waals surface area (Å²) in [4.78, 5) is 24.8. The lowest BCUT2D eigenvalue weighted by atomic mass is 10.0. The van der Waals surface area contributed by atoms with Crippen molar-refractivity contribution in [3.63, 3.8) is 0 Å². The summed E-state index contributed by atoms with van der Waals surface area (Å²) in [5.74, 6) is -0.913. The highest BCUT2D eigenvalue weighted by Crippen LogP contribution is 2.29. The van der Waals surface area contributed by atoms with Crippen LogP contribution in [0.2, 0.25) is 0 Å². The van der Waals surface area contributed by atoms with E-state index in [1.54, 1.807) is 16.7 Å². The zero-order chi connectivity index (χ0) is 15.9. The lowest BCUT2D eigenvalue weighted by Crippen LogP contribution is -2.54. The van der Waals surface area contributed by atoms with Gasteiger partial charge in [-0.05, 0) is 19.1 Å². The lowest BCUT2D eigenvalue weighted by molar-refractivity contribution is -0.139. The van der Waals surface area contributed by atoms with E-state index < -0.39 is 5.97 Å². The Morgan fingerprint density at radius 2 is 2.10 bits per heavy atom. The third-order valence-corrected chi connectivity index (χ3v) is 5.77. The van der Waals surface area contributed by atoms with E-state index in [9.17, 15) is 9.59 Å². The number of morpholine rings is 1. The number of nitrogens with one attached hydrogen (secondary N) is 1. The minimum absolute atomic E-state index is 0.0459. The number of nitrogens with zero attached hydrogens (tertiary/aromatic N) is 1.